The van der Waals surface area contributed by atoms with E-state index in [2.05, 4.69) is 21.2 Å². The van der Waals surface area contributed by atoms with Crippen LogP contribution < -0.4 is 14.4 Å². The Morgan fingerprint density at radius 2 is 1.61 bits per heavy atom. The second-order valence-electron chi connectivity index (χ2n) is 7.59. The Bertz CT molecular complexity index is 1180. The van der Waals surface area contributed by atoms with Crippen LogP contribution in [0.1, 0.15) is 31.0 Å². The van der Waals surface area contributed by atoms with Crippen LogP contribution >= 0.6 is 15.9 Å². The van der Waals surface area contributed by atoms with Crippen molar-refractivity contribution in [1.29, 1.82) is 0 Å². The van der Waals surface area contributed by atoms with E-state index < -0.39 is 15.9 Å². The molecule has 0 bridgehead atoms. The topological polar surface area (TPSA) is 75.7 Å². The summed E-state index contributed by atoms with van der Waals surface area (Å²) < 4.78 is 34.3. The number of carbonyl (C=O) groups is 1. The monoisotopic (exact) mass is 530 g/mol. The molecule has 0 heterocycles. The zero-order chi connectivity index (χ0) is 24.0. The first-order valence-electron chi connectivity index (χ1n) is 10.6. The van der Waals surface area contributed by atoms with Gasteiger partial charge in [-0.25, -0.2) is 8.42 Å². The molecule has 0 aliphatic heterocycles. The number of benzene rings is 3. The Labute approximate surface area is 203 Å². The van der Waals surface area contributed by atoms with E-state index >= 15 is 0 Å². The summed E-state index contributed by atoms with van der Waals surface area (Å²) in [6, 6.07) is 20.6. The number of nitrogens with zero attached hydrogens (tertiary/aromatic N) is 1. The lowest BCUT2D eigenvalue weighted by Crippen LogP contribution is -2.41. The van der Waals surface area contributed by atoms with Gasteiger partial charge in [0.05, 0.1) is 23.2 Å². The van der Waals surface area contributed by atoms with Crippen molar-refractivity contribution in [3.05, 3.63) is 88.4 Å². The van der Waals surface area contributed by atoms with Crippen molar-refractivity contribution in [1.82, 2.24) is 5.32 Å². The molecule has 0 radical (unpaired) electrons. The van der Waals surface area contributed by atoms with Crippen LogP contribution in [0.5, 0.6) is 5.75 Å². The highest BCUT2D eigenvalue weighted by atomic mass is 79.9. The van der Waals surface area contributed by atoms with Gasteiger partial charge < -0.3 is 10.1 Å². The van der Waals surface area contributed by atoms with Gasteiger partial charge in [0.1, 0.15) is 12.3 Å². The lowest BCUT2D eigenvalue weighted by atomic mass is 10.1. The van der Waals surface area contributed by atoms with Crippen molar-refractivity contribution in [3.8, 4) is 5.75 Å². The fraction of sp³-hybridized carbons (Fsp3) is 0.240. The number of carbonyl (C=O) groups excluding carboxylic acids is 1. The molecule has 3 rings (SSSR count). The van der Waals surface area contributed by atoms with Gasteiger partial charge in [-0.1, -0.05) is 45.8 Å². The van der Waals surface area contributed by atoms with Gasteiger partial charge in [0.25, 0.3) is 10.0 Å². The van der Waals surface area contributed by atoms with E-state index in [1.165, 1.54) is 12.1 Å². The molecule has 0 saturated heterocycles. The summed E-state index contributed by atoms with van der Waals surface area (Å²) >= 11 is 3.32. The maximum atomic E-state index is 13.5. The molecule has 0 fully saturated rings. The summed E-state index contributed by atoms with van der Waals surface area (Å²) in [6.45, 7) is 5.88. The minimum absolute atomic E-state index is 0.0963. The van der Waals surface area contributed by atoms with E-state index in [-0.39, 0.29) is 17.5 Å². The summed E-state index contributed by atoms with van der Waals surface area (Å²) in [4.78, 5) is 13.0. The molecule has 8 heteroatoms. The third kappa shape index (κ3) is 6.36. The summed E-state index contributed by atoms with van der Waals surface area (Å²) in [5, 5.41) is 2.90. The molecule has 3 aromatic carbocycles. The average molecular weight is 531 g/mol. The molecule has 0 saturated carbocycles. The van der Waals surface area contributed by atoms with Crippen molar-refractivity contribution < 1.29 is 17.9 Å². The molecule has 0 aliphatic carbocycles. The number of halogens is 1. The summed E-state index contributed by atoms with van der Waals surface area (Å²) in [5.41, 5.74) is 2.44. The Morgan fingerprint density at radius 1 is 1.00 bits per heavy atom. The van der Waals surface area contributed by atoms with Crippen LogP contribution in [-0.4, -0.2) is 27.5 Å². The van der Waals surface area contributed by atoms with Gasteiger partial charge in [0.2, 0.25) is 5.91 Å². The van der Waals surface area contributed by atoms with Crippen LogP contribution in [0, 0.1) is 6.92 Å². The number of ether oxygens (including phenoxy) is 1. The van der Waals surface area contributed by atoms with Crippen LogP contribution in [0.15, 0.2) is 82.2 Å². The number of hydrogen-bond acceptors (Lipinski definition) is 4. The predicted molar refractivity (Wildman–Crippen MR) is 134 cm³/mol. The van der Waals surface area contributed by atoms with Gasteiger partial charge in [-0.2, -0.15) is 0 Å². The third-order valence-corrected chi connectivity index (χ3v) is 7.40. The fourth-order valence-electron chi connectivity index (χ4n) is 3.28. The molecule has 0 spiro atoms. The van der Waals surface area contributed by atoms with Gasteiger partial charge in [0.15, 0.2) is 0 Å². The minimum atomic E-state index is -3.99. The van der Waals surface area contributed by atoms with Gasteiger partial charge in [0, 0.05) is 4.47 Å². The quantitative estimate of drug-likeness (QED) is 0.411. The largest absolute Gasteiger partial charge is 0.494 e. The molecule has 3 aromatic rings. The first-order chi connectivity index (χ1) is 15.7. The van der Waals surface area contributed by atoms with Crippen LogP contribution in [0.25, 0.3) is 0 Å². The highest BCUT2D eigenvalue weighted by Crippen LogP contribution is 2.27. The standard InChI is InChI=1S/C25H27BrN2O4S/c1-4-32-23-13-11-22(12-14-23)28(33(30,31)24-15-9-21(26)10-16-24)17-25(29)27-19(3)20-7-5-18(2)6-8-20/h5-16,19H,4,17H2,1-3H3,(H,27,29)/t19-/m0/s1. The molecule has 1 atom stereocenters. The Hall–Kier alpha value is -2.84. The predicted octanol–water partition coefficient (Wildman–Crippen LogP) is 5.23. The van der Waals surface area contributed by atoms with Gasteiger partial charge in [-0.15, -0.1) is 0 Å². The Morgan fingerprint density at radius 3 is 2.18 bits per heavy atom. The van der Waals surface area contributed by atoms with E-state index in [4.69, 9.17) is 4.74 Å². The zero-order valence-corrected chi connectivity index (χ0v) is 21.2. The number of hydrogen-bond donors (Lipinski definition) is 1. The van der Waals surface area contributed by atoms with Crippen LogP contribution in [0.4, 0.5) is 5.69 Å². The highest BCUT2D eigenvalue weighted by Gasteiger charge is 2.28. The van der Waals surface area contributed by atoms with Gasteiger partial charge >= 0.3 is 0 Å². The number of amides is 1. The maximum absolute atomic E-state index is 13.5. The lowest BCUT2D eigenvalue weighted by Gasteiger charge is -2.25. The van der Waals surface area contributed by atoms with E-state index in [0.717, 1.165) is 19.9 Å². The lowest BCUT2D eigenvalue weighted by molar-refractivity contribution is -0.120. The van der Waals surface area contributed by atoms with Crippen molar-refractivity contribution >= 4 is 37.5 Å². The Balaban J connectivity index is 1.88. The Kier molecular flexibility index (Phi) is 8.15. The molecular formula is C25H27BrN2O4S. The van der Waals surface area contributed by atoms with Crippen molar-refractivity contribution in [3.63, 3.8) is 0 Å². The minimum Gasteiger partial charge on any atom is -0.494 e. The van der Waals surface area contributed by atoms with Gasteiger partial charge in [-0.05, 0) is 74.9 Å². The number of sulfonamides is 1. The van der Waals surface area contributed by atoms with E-state index in [1.54, 1.807) is 36.4 Å². The molecule has 33 heavy (non-hydrogen) atoms. The molecule has 0 aromatic heterocycles. The SMILES string of the molecule is CCOc1ccc(N(CC(=O)N[C@@H](C)c2ccc(C)cc2)S(=O)(=O)c2ccc(Br)cc2)cc1. The van der Waals surface area contributed by atoms with Crippen LogP contribution in [0.3, 0.4) is 0 Å². The van der Waals surface area contributed by atoms with E-state index in [0.29, 0.717) is 18.0 Å². The third-order valence-electron chi connectivity index (χ3n) is 5.08. The first kappa shape index (κ1) is 24.8. The number of nitrogens with one attached hydrogen (secondary N) is 1. The van der Waals surface area contributed by atoms with Crippen molar-refractivity contribution in [2.45, 2.75) is 31.7 Å². The number of anilines is 1. The molecule has 1 amide bonds. The van der Waals surface area contributed by atoms with Crippen LogP contribution in [-0.2, 0) is 14.8 Å². The summed E-state index contributed by atoms with van der Waals surface area (Å²) in [6.07, 6.45) is 0. The highest BCUT2D eigenvalue weighted by molar-refractivity contribution is 9.10. The number of aryl methyl sites for hydroxylation is 1. The normalized spacial score (nSPS) is 12.1. The zero-order valence-electron chi connectivity index (χ0n) is 18.8. The second kappa shape index (κ2) is 10.9. The van der Waals surface area contributed by atoms with E-state index in [1.807, 2.05) is 45.0 Å². The first-order valence-corrected chi connectivity index (χ1v) is 12.8. The molecule has 0 unspecified atom stereocenters. The van der Waals surface area contributed by atoms with Crippen LogP contribution in [0.2, 0.25) is 0 Å². The van der Waals surface area contributed by atoms with Crippen molar-refractivity contribution in [2.75, 3.05) is 17.5 Å². The number of rotatable bonds is 9. The second-order valence-corrected chi connectivity index (χ2v) is 10.4. The maximum Gasteiger partial charge on any atom is 0.264 e. The molecule has 1 N–H and O–H groups in total. The molecule has 174 valence electrons. The van der Waals surface area contributed by atoms with Gasteiger partial charge in [-0.3, -0.25) is 9.10 Å². The van der Waals surface area contributed by atoms with E-state index in [9.17, 15) is 13.2 Å². The average Bonchev–Trinajstić information content (AvgIpc) is 2.79. The smallest absolute Gasteiger partial charge is 0.264 e. The summed E-state index contributed by atoms with van der Waals surface area (Å²) in [5.74, 6) is 0.220. The summed E-state index contributed by atoms with van der Waals surface area (Å²) in [7, 11) is -3.99. The van der Waals surface area contributed by atoms with Crippen molar-refractivity contribution in [2.24, 2.45) is 0 Å². The molecule has 0 aliphatic rings. The molecular weight excluding hydrogens is 504 g/mol. The molecule has 6 nitrogen and oxygen atoms in total. The fourth-order valence-corrected chi connectivity index (χ4v) is 4.97.